The van der Waals surface area contributed by atoms with Crippen molar-refractivity contribution in [3.8, 4) is 0 Å². The van der Waals surface area contributed by atoms with Crippen molar-refractivity contribution in [3.63, 3.8) is 0 Å². The quantitative estimate of drug-likeness (QED) is 0.848. The summed E-state index contributed by atoms with van der Waals surface area (Å²) >= 11 is 0. The van der Waals surface area contributed by atoms with E-state index < -0.39 is 5.91 Å². The van der Waals surface area contributed by atoms with Gasteiger partial charge in [0.1, 0.15) is 6.61 Å². The van der Waals surface area contributed by atoms with Gasteiger partial charge in [-0.25, -0.2) is 0 Å². The second-order valence-electron chi connectivity index (χ2n) is 5.89. The Bertz CT molecular complexity index is 846. The van der Waals surface area contributed by atoms with Crippen LogP contribution in [0.15, 0.2) is 42.5 Å². The fourth-order valence-electron chi connectivity index (χ4n) is 2.89. The van der Waals surface area contributed by atoms with Crippen LogP contribution in [0.5, 0.6) is 0 Å². The molecular formula is C19H18N2O4. The molecule has 0 aromatic heterocycles. The minimum absolute atomic E-state index is 0.0244. The number of Topliss-reactive ketones (excluding diaryl/α,β-unsaturated/α-hetero) is 1. The van der Waals surface area contributed by atoms with Crippen molar-refractivity contribution in [2.24, 2.45) is 5.73 Å². The van der Waals surface area contributed by atoms with Crippen LogP contribution in [0, 0.1) is 0 Å². The second-order valence-corrected chi connectivity index (χ2v) is 5.89. The Balaban J connectivity index is 1.97. The van der Waals surface area contributed by atoms with Gasteiger partial charge in [-0.3, -0.25) is 19.2 Å². The first-order valence-electron chi connectivity index (χ1n) is 7.95. The van der Waals surface area contributed by atoms with Gasteiger partial charge < -0.3 is 5.73 Å². The monoisotopic (exact) mass is 338 g/mol. The fraction of sp³-hybridized carbons (Fsp3) is 0.211. The zero-order chi connectivity index (χ0) is 18.0. The summed E-state index contributed by atoms with van der Waals surface area (Å²) in [5.41, 5.74) is 7.98. The number of carbonyl (C=O) groups excluding carboxylic acids is 3. The van der Waals surface area contributed by atoms with E-state index in [0.29, 0.717) is 18.4 Å². The molecule has 0 fully saturated rings. The normalized spacial score (nSPS) is 12.8. The summed E-state index contributed by atoms with van der Waals surface area (Å²) in [6.07, 6.45) is 0.965. The Morgan fingerprint density at radius 1 is 1.16 bits per heavy atom. The number of nitrogens with zero attached hydrogens (tertiary/aromatic N) is 1. The number of nitrogens with two attached hydrogens (primary N) is 1. The molecule has 1 aliphatic rings. The lowest BCUT2D eigenvalue weighted by atomic mass is 10.0. The third kappa shape index (κ3) is 3.44. The van der Waals surface area contributed by atoms with Gasteiger partial charge in [0.05, 0.1) is 11.3 Å². The third-order valence-electron chi connectivity index (χ3n) is 4.12. The minimum atomic E-state index is -0.716. The molecule has 1 aliphatic carbocycles. The van der Waals surface area contributed by atoms with E-state index in [1.54, 1.807) is 6.07 Å². The van der Waals surface area contributed by atoms with E-state index in [1.165, 1.54) is 13.0 Å². The Kier molecular flexibility index (Phi) is 4.63. The maximum atomic E-state index is 12.1. The van der Waals surface area contributed by atoms with E-state index in [1.807, 2.05) is 30.3 Å². The molecular weight excluding hydrogens is 320 g/mol. The van der Waals surface area contributed by atoms with E-state index in [9.17, 15) is 14.4 Å². The summed E-state index contributed by atoms with van der Waals surface area (Å²) in [6.45, 7) is 1.50. The van der Waals surface area contributed by atoms with Crippen LogP contribution < -0.4 is 10.8 Å². The van der Waals surface area contributed by atoms with Crippen molar-refractivity contribution >= 4 is 23.3 Å². The topological polar surface area (TPSA) is 89.7 Å². The first-order valence-corrected chi connectivity index (χ1v) is 7.95. The van der Waals surface area contributed by atoms with Gasteiger partial charge in [0.2, 0.25) is 5.91 Å². The van der Waals surface area contributed by atoms with Gasteiger partial charge in [-0.05, 0) is 29.7 Å². The average Bonchev–Trinajstić information content (AvgIpc) is 2.95. The number of hydrogen-bond acceptors (Lipinski definition) is 4. The molecule has 6 heteroatoms. The molecule has 2 N–H and O–H groups in total. The number of rotatable bonds is 5. The van der Waals surface area contributed by atoms with Crippen molar-refractivity contribution in [2.75, 3.05) is 5.06 Å². The molecule has 3 rings (SSSR count). The van der Waals surface area contributed by atoms with Gasteiger partial charge in [-0.15, -0.1) is 0 Å². The molecule has 0 heterocycles. The summed E-state index contributed by atoms with van der Waals surface area (Å²) in [4.78, 5) is 41.5. The predicted octanol–water partition coefficient (Wildman–Crippen LogP) is 2.40. The van der Waals surface area contributed by atoms with Crippen LogP contribution in [-0.2, 0) is 22.7 Å². The van der Waals surface area contributed by atoms with Crippen LogP contribution >= 0.6 is 0 Å². The largest absolute Gasteiger partial charge is 0.366 e. The second kappa shape index (κ2) is 6.86. The lowest BCUT2D eigenvalue weighted by molar-refractivity contribution is -0.124. The Labute approximate surface area is 145 Å². The number of amides is 2. The van der Waals surface area contributed by atoms with Gasteiger partial charge in [0.15, 0.2) is 5.78 Å². The molecule has 128 valence electrons. The maximum Gasteiger partial charge on any atom is 0.250 e. The molecule has 0 saturated heterocycles. The molecule has 2 amide bonds. The first kappa shape index (κ1) is 16.9. The van der Waals surface area contributed by atoms with Crippen LogP contribution in [0.25, 0.3) is 0 Å². The lowest BCUT2D eigenvalue weighted by Gasteiger charge is -2.23. The minimum Gasteiger partial charge on any atom is -0.366 e. The third-order valence-corrected chi connectivity index (χ3v) is 4.12. The van der Waals surface area contributed by atoms with E-state index in [2.05, 4.69) is 0 Å². The maximum absolute atomic E-state index is 12.1. The summed E-state index contributed by atoms with van der Waals surface area (Å²) < 4.78 is 0. The molecule has 0 radical (unpaired) electrons. The molecule has 25 heavy (non-hydrogen) atoms. The van der Waals surface area contributed by atoms with E-state index >= 15 is 0 Å². The highest BCUT2D eigenvalue weighted by Gasteiger charge is 2.27. The van der Waals surface area contributed by atoms with Gasteiger partial charge >= 0.3 is 0 Å². The summed E-state index contributed by atoms with van der Waals surface area (Å²) in [5.74, 6) is -1.13. The molecule has 0 spiro atoms. The van der Waals surface area contributed by atoms with E-state index in [0.717, 1.165) is 16.2 Å². The Morgan fingerprint density at radius 2 is 1.88 bits per heavy atom. The van der Waals surface area contributed by atoms with Crippen LogP contribution in [0.3, 0.4) is 0 Å². The predicted molar refractivity (Wildman–Crippen MR) is 92.0 cm³/mol. The number of fused-ring (bicyclic) bond motifs is 1. The van der Waals surface area contributed by atoms with Crippen molar-refractivity contribution in [2.45, 2.75) is 26.4 Å². The number of ketones is 1. The van der Waals surface area contributed by atoms with Crippen LogP contribution in [-0.4, -0.2) is 17.6 Å². The van der Waals surface area contributed by atoms with Crippen molar-refractivity contribution in [1.82, 2.24) is 0 Å². The number of anilines is 1. The number of hydrogen-bond donors (Lipinski definition) is 1. The molecule has 0 bridgehead atoms. The average molecular weight is 338 g/mol. The molecule has 0 unspecified atom stereocenters. The summed E-state index contributed by atoms with van der Waals surface area (Å²) in [6, 6.07) is 12.5. The highest BCUT2D eigenvalue weighted by atomic mass is 16.7. The van der Waals surface area contributed by atoms with Gasteiger partial charge in [-0.2, -0.15) is 5.06 Å². The van der Waals surface area contributed by atoms with E-state index in [-0.39, 0.29) is 29.5 Å². The van der Waals surface area contributed by atoms with Crippen molar-refractivity contribution in [3.05, 3.63) is 64.7 Å². The van der Waals surface area contributed by atoms with Gasteiger partial charge in [0, 0.05) is 18.9 Å². The number of aryl methyl sites for hydroxylation is 1. The highest BCUT2D eigenvalue weighted by molar-refractivity contribution is 6.08. The summed E-state index contributed by atoms with van der Waals surface area (Å²) in [7, 11) is 0. The molecule has 2 aromatic carbocycles. The number of primary amides is 1. The number of carbonyl (C=O) groups is 3. The van der Waals surface area contributed by atoms with Crippen LogP contribution in [0.1, 0.15) is 45.2 Å². The fourth-order valence-corrected chi connectivity index (χ4v) is 2.89. The summed E-state index contributed by atoms with van der Waals surface area (Å²) in [5, 5.41) is 1.07. The SMILES string of the molecule is CC(=O)N(OCc1ccccc1)c1cc2c(cc1C(N)=O)C(=O)CC2. The van der Waals surface area contributed by atoms with Crippen LogP contribution in [0.2, 0.25) is 0 Å². The van der Waals surface area contributed by atoms with Gasteiger partial charge in [-0.1, -0.05) is 30.3 Å². The van der Waals surface area contributed by atoms with Crippen molar-refractivity contribution < 1.29 is 19.2 Å². The molecule has 6 nitrogen and oxygen atoms in total. The number of hydroxylamine groups is 1. The molecule has 0 aliphatic heterocycles. The van der Waals surface area contributed by atoms with E-state index in [4.69, 9.17) is 10.6 Å². The molecule has 0 atom stereocenters. The molecule has 0 saturated carbocycles. The smallest absolute Gasteiger partial charge is 0.250 e. The molecule has 2 aromatic rings. The zero-order valence-electron chi connectivity index (χ0n) is 13.8. The Hall–Kier alpha value is -2.99. The lowest BCUT2D eigenvalue weighted by Crippen LogP contribution is -2.31. The Morgan fingerprint density at radius 3 is 2.52 bits per heavy atom. The van der Waals surface area contributed by atoms with Crippen LogP contribution in [0.4, 0.5) is 5.69 Å². The van der Waals surface area contributed by atoms with Crippen molar-refractivity contribution in [1.29, 1.82) is 0 Å². The standard InChI is InChI=1S/C19H18N2O4/c1-12(22)21(25-11-13-5-3-2-4-6-13)17-9-14-7-8-18(23)15(14)10-16(17)19(20)24/h2-6,9-10H,7-8,11H2,1H3,(H2,20,24). The highest BCUT2D eigenvalue weighted by Crippen LogP contribution is 2.31. The zero-order valence-corrected chi connectivity index (χ0v) is 13.8. The first-order chi connectivity index (χ1) is 12.0. The number of benzene rings is 2. The van der Waals surface area contributed by atoms with Gasteiger partial charge in [0.25, 0.3) is 5.91 Å².